The van der Waals surface area contributed by atoms with Gasteiger partial charge in [-0.2, -0.15) is 9.98 Å². The highest BCUT2D eigenvalue weighted by Gasteiger charge is 2.34. The molecule has 4 bridgehead atoms. The Morgan fingerprint density at radius 2 is 0.944 bits per heavy atom. The predicted molar refractivity (Wildman–Crippen MR) is 139 cm³/mol. The molecule has 0 saturated carbocycles. The van der Waals surface area contributed by atoms with Crippen molar-refractivity contribution in [1.82, 2.24) is 0 Å². The van der Waals surface area contributed by atoms with E-state index in [1.807, 2.05) is 48.5 Å². The first kappa shape index (κ1) is 19.2. The standard InChI is InChI=1S/C29H14N4O3/c34-11-30-25-17-9-19(17)27(23-15-5-1-13(2-6-15)21(23)25)32-29(36)33-28-20-10-18(20)26(31-12-35)22-14-3-7-16(8-4-14)24(22)28/h1-8H,9-10H2,(H2,32,33,36). The van der Waals surface area contributed by atoms with Gasteiger partial charge in [0.1, 0.15) is 0 Å². The Kier molecular flexibility index (Phi) is 3.49. The fraction of sp³-hybridized carbons (Fsp3) is 0.0690. The number of carbonyl (C=O) groups excluding carboxylic acids is 3. The number of nitrogens with one attached hydrogen (secondary N) is 2. The van der Waals surface area contributed by atoms with E-state index in [1.54, 1.807) is 12.2 Å². The number of urea groups is 1. The summed E-state index contributed by atoms with van der Waals surface area (Å²) in [5.41, 5.74) is 6.72. The molecule has 2 aliphatic rings. The third-order valence-corrected chi connectivity index (χ3v) is 7.55. The maximum absolute atomic E-state index is 13.4. The molecule has 2 N–H and O–H groups in total. The number of rotatable bonds is 4. The highest BCUT2D eigenvalue weighted by Crippen LogP contribution is 2.53. The predicted octanol–water partition coefficient (Wildman–Crippen LogP) is 6.56. The van der Waals surface area contributed by atoms with Crippen LogP contribution < -0.4 is 10.6 Å². The molecule has 8 aromatic rings. The molecule has 0 atom stereocenters. The lowest BCUT2D eigenvalue weighted by Crippen LogP contribution is -2.20. The summed E-state index contributed by atoms with van der Waals surface area (Å²) in [6.45, 7) is 0. The minimum atomic E-state index is -0.346. The summed E-state index contributed by atoms with van der Waals surface area (Å²) in [5, 5.41) is 13.6. The molecule has 0 aliphatic heterocycles. The van der Waals surface area contributed by atoms with Gasteiger partial charge in [0.2, 0.25) is 12.2 Å². The lowest BCUT2D eigenvalue weighted by molar-refractivity contribution is 0.262. The van der Waals surface area contributed by atoms with Crippen LogP contribution in [0.4, 0.5) is 27.5 Å². The van der Waals surface area contributed by atoms with Crippen LogP contribution in [0.3, 0.4) is 0 Å². The number of amides is 2. The molecule has 8 aromatic carbocycles. The lowest BCUT2D eigenvalue weighted by atomic mass is 9.96. The first-order valence-electron chi connectivity index (χ1n) is 11.6. The van der Waals surface area contributed by atoms with Crippen molar-refractivity contribution in [3.63, 3.8) is 0 Å². The van der Waals surface area contributed by atoms with E-state index in [0.29, 0.717) is 24.2 Å². The van der Waals surface area contributed by atoms with Crippen LogP contribution in [0, 0.1) is 0 Å². The second-order valence-corrected chi connectivity index (χ2v) is 9.35. The molecular formula is C29H14N4O3. The number of fused-ring (bicyclic) bond motifs is 6. The number of anilines is 2. The largest absolute Gasteiger partial charge is 0.323 e. The maximum atomic E-state index is 13.4. The van der Waals surface area contributed by atoms with Gasteiger partial charge in [0, 0.05) is 34.4 Å². The molecular weight excluding hydrogens is 452 g/mol. The van der Waals surface area contributed by atoms with Gasteiger partial charge in [-0.25, -0.2) is 14.4 Å². The summed E-state index contributed by atoms with van der Waals surface area (Å²) in [5.74, 6) is 0. The van der Waals surface area contributed by atoms with E-state index in [1.165, 1.54) is 0 Å². The fourth-order valence-electron chi connectivity index (χ4n) is 5.91. The van der Waals surface area contributed by atoms with Crippen molar-refractivity contribution >= 4 is 84.0 Å². The molecule has 7 nitrogen and oxygen atoms in total. The normalized spacial score (nSPS) is 12.9. The quantitative estimate of drug-likeness (QED) is 0.227. The number of carbonyl (C=O) groups is 1. The highest BCUT2D eigenvalue weighted by atomic mass is 16.2. The topological polar surface area (TPSA) is 100.0 Å². The SMILES string of the molecule is O=C=Nc1c2c(c(NC(=O)Nc3c4c(c(N=C=O)c5c6ccc(cc6)c35)C4)c3c4ccc(cc4)c13)C2. The van der Waals surface area contributed by atoms with Gasteiger partial charge in [0.15, 0.2) is 0 Å². The average Bonchev–Trinajstić information content (AvgIpc) is 3.83. The molecule has 0 heterocycles. The van der Waals surface area contributed by atoms with Gasteiger partial charge in [-0.15, -0.1) is 0 Å². The van der Waals surface area contributed by atoms with Crippen LogP contribution in [0.5, 0.6) is 0 Å². The van der Waals surface area contributed by atoms with Crippen LogP contribution in [0.1, 0.15) is 22.3 Å². The summed E-state index contributed by atoms with van der Waals surface area (Å²) < 4.78 is 0. The van der Waals surface area contributed by atoms with Gasteiger partial charge in [-0.1, -0.05) is 48.5 Å². The van der Waals surface area contributed by atoms with Crippen molar-refractivity contribution in [3.8, 4) is 0 Å². The monoisotopic (exact) mass is 466 g/mol. The van der Waals surface area contributed by atoms with Crippen molar-refractivity contribution in [2.24, 2.45) is 9.98 Å². The molecule has 2 amide bonds. The number of benzene rings is 8. The minimum absolute atomic E-state index is 0.346. The van der Waals surface area contributed by atoms with E-state index in [4.69, 9.17) is 0 Å². The summed E-state index contributed by atoms with van der Waals surface area (Å²) in [7, 11) is 0. The van der Waals surface area contributed by atoms with Crippen molar-refractivity contribution < 1.29 is 14.4 Å². The van der Waals surface area contributed by atoms with E-state index >= 15 is 0 Å². The van der Waals surface area contributed by atoms with E-state index in [2.05, 4.69) is 20.6 Å². The van der Waals surface area contributed by atoms with Gasteiger partial charge in [0.05, 0.1) is 22.7 Å². The Morgan fingerprint density at radius 1 is 0.583 bits per heavy atom. The second-order valence-electron chi connectivity index (χ2n) is 9.35. The van der Waals surface area contributed by atoms with E-state index in [0.717, 1.165) is 76.7 Å². The van der Waals surface area contributed by atoms with Crippen LogP contribution in [0.2, 0.25) is 0 Å². The van der Waals surface area contributed by atoms with Gasteiger partial charge in [-0.3, -0.25) is 0 Å². The van der Waals surface area contributed by atoms with Crippen LogP contribution in [0.15, 0.2) is 58.5 Å². The first-order valence-corrected chi connectivity index (χ1v) is 11.6. The van der Waals surface area contributed by atoms with Gasteiger partial charge in [0.25, 0.3) is 0 Å². The average molecular weight is 466 g/mol. The number of nitrogens with zero attached hydrogens (tertiary/aromatic N) is 2. The van der Waals surface area contributed by atoms with Gasteiger partial charge in [-0.05, 0) is 43.8 Å². The minimum Gasteiger partial charge on any atom is -0.307 e. The molecule has 0 aromatic heterocycles. The second kappa shape index (κ2) is 6.52. The lowest BCUT2D eigenvalue weighted by Gasteiger charge is -2.17. The molecule has 0 saturated heterocycles. The molecule has 0 spiro atoms. The van der Waals surface area contributed by atoms with Crippen molar-refractivity contribution in [2.75, 3.05) is 10.6 Å². The summed E-state index contributed by atoms with van der Waals surface area (Å²) in [4.78, 5) is 43.7. The van der Waals surface area contributed by atoms with Crippen LogP contribution in [0.25, 0.3) is 43.1 Å². The third kappa shape index (κ3) is 2.40. The van der Waals surface area contributed by atoms with E-state index in [-0.39, 0.29) is 6.03 Å². The summed E-state index contributed by atoms with van der Waals surface area (Å²) >= 11 is 0. The number of hydrogen-bond donors (Lipinski definition) is 2. The molecule has 2 aliphatic carbocycles. The fourth-order valence-corrected chi connectivity index (χ4v) is 5.91. The first-order chi connectivity index (χ1) is 17.7. The molecule has 0 unspecified atom stereocenters. The highest BCUT2D eigenvalue weighted by molar-refractivity contribution is 6.27. The zero-order valence-electron chi connectivity index (χ0n) is 18.7. The Labute approximate surface area is 202 Å². The Morgan fingerprint density at radius 3 is 1.31 bits per heavy atom. The third-order valence-electron chi connectivity index (χ3n) is 7.55. The van der Waals surface area contributed by atoms with Crippen molar-refractivity contribution in [3.05, 3.63) is 70.8 Å². The molecule has 0 radical (unpaired) electrons. The van der Waals surface area contributed by atoms with E-state index in [9.17, 15) is 14.4 Å². The Hall–Kier alpha value is -5.09. The smallest absolute Gasteiger partial charge is 0.307 e. The number of hydrogen-bond acceptors (Lipinski definition) is 5. The molecule has 7 heteroatoms. The van der Waals surface area contributed by atoms with Crippen molar-refractivity contribution in [2.45, 2.75) is 12.8 Å². The molecule has 0 fully saturated rings. The summed E-state index contributed by atoms with van der Waals surface area (Å²) in [6, 6.07) is 15.7. The Bertz CT molecular complexity index is 1890. The molecule has 10 rings (SSSR count). The zero-order chi connectivity index (χ0) is 24.1. The number of aliphatic imine (C=N–C) groups is 2. The van der Waals surface area contributed by atoms with Crippen LogP contribution in [-0.4, -0.2) is 18.2 Å². The van der Waals surface area contributed by atoms with Crippen LogP contribution in [-0.2, 0) is 22.4 Å². The zero-order valence-corrected chi connectivity index (χ0v) is 18.7. The van der Waals surface area contributed by atoms with E-state index < -0.39 is 0 Å². The number of isocyanates is 2. The van der Waals surface area contributed by atoms with Gasteiger partial charge < -0.3 is 10.6 Å². The van der Waals surface area contributed by atoms with Crippen LogP contribution >= 0.6 is 0 Å². The Balaban J connectivity index is 1.26. The van der Waals surface area contributed by atoms with Gasteiger partial charge >= 0.3 is 6.03 Å². The van der Waals surface area contributed by atoms with Crippen molar-refractivity contribution in [1.29, 1.82) is 0 Å². The maximum Gasteiger partial charge on any atom is 0.323 e. The molecule has 36 heavy (non-hydrogen) atoms. The summed E-state index contributed by atoms with van der Waals surface area (Å²) in [6.07, 6.45) is 4.70. The molecule has 168 valence electrons.